The van der Waals surface area contributed by atoms with E-state index >= 15 is 0 Å². The minimum absolute atomic E-state index is 0.0512. The Morgan fingerprint density at radius 1 is 0.698 bits per heavy atom. The van der Waals surface area contributed by atoms with Crippen molar-refractivity contribution in [3.05, 3.63) is 172 Å². The molecule has 8 heteroatoms. The smallest absolute Gasteiger partial charge is 0.131 e. The van der Waals surface area contributed by atoms with Crippen LogP contribution in [0.3, 0.4) is 0 Å². The topological polar surface area (TPSA) is 94.5 Å². The fourth-order valence-electron chi connectivity index (χ4n) is 8.30. The van der Waals surface area contributed by atoms with Crippen LogP contribution < -0.4 is 4.74 Å². The molecule has 0 spiro atoms. The Labute approximate surface area is 316 Å². The maximum atomic E-state index is 13.6. The van der Waals surface area contributed by atoms with Gasteiger partial charge >= 0.3 is 0 Å². The van der Waals surface area contributed by atoms with Gasteiger partial charge < -0.3 is 34.0 Å². The van der Waals surface area contributed by atoms with Crippen LogP contribution in [0.5, 0.6) is 5.75 Å². The number of carbonyl (C=O) groups is 1. The molecule has 2 saturated carbocycles. The van der Waals surface area contributed by atoms with Gasteiger partial charge in [0.05, 0.1) is 49.5 Å². The van der Waals surface area contributed by atoms with Gasteiger partial charge in [-0.15, -0.1) is 0 Å². The van der Waals surface area contributed by atoms with Crippen molar-refractivity contribution in [2.45, 2.75) is 75.5 Å². The summed E-state index contributed by atoms with van der Waals surface area (Å²) in [7, 11) is 0. The summed E-state index contributed by atoms with van der Waals surface area (Å²) in [4.78, 5) is 13.6. The Bertz CT molecular complexity index is 1940. The molecule has 5 aromatic carbocycles. The molecule has 7 atom stereocenters. The van der Waals surface area contributed by atoms with E-state index in [4.69, 9.17) is 30.5 Å². The van der Waals surface area contributed by atoms with Crippen LogP contribution >= 0.6 is 11.6 Å². The van der Waals surface area contributed by atoms with Gasteiger partial charge in [0.25, 0.3) is 0 Å². The molecule has 5 aromatic rings. The summed E-state index contributed by atoms with van der Waals surface area (Å²) in [5, 5.41) is 25.7. The lowest BCUT2D eigenvalue weighted by Gasteiger charge is -2.54. The number of fused-ring (bicyclic) bond motifs is 2. The number of aldehydes is 1. The highest BCUT2D eigenvalue weighted by molar-refractivity contribution is 6.31. The van der Waals surface area contributed by atoms with Crippen molar-refractivity contribution in [1.29, 1.82) is 0 Å². The zero-order chi connectivity index (χ0) is 36.8. The van der Waals surface area contributed by atoms with E-state index in [0.29, 0.717) is 23.6 Å². The van der Waals surface area contributed by atoms with Gasteiger partial charge in [0.15, 0.2) is 0 Å². The van der Waals surface area contributed by atoms with Crippen LogP contribution in [0.25, 0.3) is 0 Å². The highest BCUT2D eigenvalue weighted by Crippen LogP contribution is 2.61. The van der Waals surface area contributed by atoms with E-state index in [1.165, 1.54) is 0 Å². The fraction of sp³-hybridized carbons (Fsp3) is 0.311. The van der Waals surface area contributed by atoms with Crippen molar-refractivity contribution < 1.29 is 34.0 Å². The number of aliphatic hydroxyl groups excluding tert-OH is 2. The molecule has 2 N–H and O–H groups in total. The first-order valence-corrected chi connectivity index (χ1v) is 18.6. The lowest BCUT2D eigenvalue weighted by atomic mass is 9.59. The summed E-state index contributed by atoms with van der Waals surface area (Å²) >= 11 is 6.86. The summed E-state index contributed by atoms with van der Waals surface area (Å²) in [6.45, 7) is 3.05. The van der Waals surface area contributed by atoms with E-state index in [2.05, 4.69) is 0 Å². The lowest BCUT2D eigenvalue weighted by molar-refractivity contribution is -0.249. The molecule has 2 bridgehead atoms. The van der Waals surface area contributed by atoms with Crippen molar-refractivity contribution in [1.82, 2.24) is 0 Å². The number of hydrogen-bond donors (Lipinski definition) is 2. The second kappa shape index (κ2) is 16.4. The molecule has 0 saturated heterocycles. The van der Waals surface area contributed by atoms with Crippen LogP contribution in [-0.2, 0) is 50.7 Å². The van der Waals surface area contributed by atoms with Crippen LogP contribution in [0, 0.1) is 5.41 Å². The SMILES string of the molecule is CCOc1ccc(Cc2cc([C@]34C(O)C[C@](C=O)(C3O)[C@H](OCc3ccccc3)[C@@H](OCc3ccccc3)[C@@H]4OCc3ccccc3)ccc2Cl)cc1. The van der Waals surface area contributed by atoms with Gasteiger partial charge in [0.1, 0.15) is 30.3 Å². The van der Waals surface area contributed by atoms with Crippen LogP contribution in [0.15, 0.2) is 133 Å². The molecule has 0 heterocycles. The molecule has 0 radical (unpaired) electrons. The van der Waals surface area contributed by atoms with E-state index in [1.807, 2.05) is 134 Å². The third-order valence-electron chi connectivity index (χ3n) is 10.9. The van der Waals surface area contributed by atoms with Crippen molar-refractivity contribution in [3.8, 4) is 5.75 Å². The minimum atomic E-state index is -1.52. The zero-order valence-electron chi connectivity index (χ0n) is 29.7. The molecule has 0 aromatic heterocycles. The lowest BCUT2D eigenvalue weighted by Crippen LogP contribution is -2.70. The molecule has 7 nitrogen and oxygen atoms in total. The molecular weight excluding hydrogens is 688 g/mol. The van der Waals surface area contributed by atoms with Gasteiger partial charge in [-0.25, -0.2) is 0 Å². The highest BCUT2D eigenvalue weighted by atomic mass is 35.5. The van der Waals surface area contributed by atoms with Crippen LogP contribution in [-0.4, -0.2) is 53.6 Å². The Morgan fingerprint density at radius 3 is 1.79 bits per heavy atom. The second-order valence-corrected chi connectivity index (χ2v) is 14.4. The minimum Gasteiger partial charge on any atom is -0.494 e. The number of halogens is 1. The summed E-state index contributed by atoms with van der Waals surface area (Å²) in [5.74, 6) is 0.781. The van der Waals surface area contributed by atoms with Crippen molar-refractivity contribution in [3.63, 3.8) is 0 Å². The van der Waals surface area contributed by atoms with Crippen molar-refractivity contribution >= 4 is 17.9 Å². The maximum Gasteiger partial charge on any atom is 0.131 e. The molecule has 2 aliphatic rings. The van der Waals surface area contributed by atoms with Gasteiger partial charge in [0.2, 0.25) is 0 Å². The van der Waals surface area contributed by atoms with Crippen molar-refractivity contribution in [2.75, 3.05) is 6.61 Å². The standard InChI is InChI=1S/C45H45ClO7/c1-2-50-37-21-18-31(19-22-37)24-35-25-36(20-23-38(35)46)45-39(48)26-44(30-47,43(45)49)41(52-28-33-14-8-4-9-15-33)40(51-27-32-12-6-3-7-13-32)42(45)53-29-34-16-10-5-11-17-34/h3-23,25,30,39-43,48-49H,2,24,26-29H2,1H3/t39?,40-,41-,42+,43?,44-,45-/m1/s1. The van der Waals surface area contributed by atoms with Crippen LogP contribution in [0.4, 0.5) is 0 Å². The van der Waals surface area contributed by atoms with E-state index in [0.717, 1.165) is 39.9 Å². The van der Waals surface area contributed by atoms with Gasteiger partial charge in [-0.1, -0.05) is 127 Å². The summed E-state index contributed by atoms with van der Waals surface area (Å²) in [6.07, 6.45) is -4.17. The maximum absolute atomic E-state index is 13.6. The number of aliphatic hydroxyl groups is 2. The molecule has 7 rings (SSSR count). The average Bonchev–Trinajstić information content (AvgIpc) is 3.37. The molecular formula is C45H45ClO7. The Kier molecular flexibility index (Phi) is 11.4. The Balaban J connectivity index is 1.34. The molecule has 0 amide bonds. The van der Waals surface area contributed by atoms with Gasteiger partial charge in [-0.3, -0.25) is 0 Å². The van der Waals surface area contributed by atoms with E-state index in [1.54, 1.807) is 6.07 Å². The monoisotopic (exact) mass is 732 g/mol. The number of rotatable bonds is 15. The number of benzene rings is 5. The number of carbonyl (C=O) groups excluding carboxylic acids is 1. The van der Waals surface area contributed by atoms with Gasteiger partial charge in [0, 0.05) is 5.02 Å². The highest BCUT2D eigenvalue weighted by Gasteiger charge is 2.75. The predicted molar refractivity (Wildman–Crippen MR) is 204 cm³/mol. The summed E-state index contributed by atoms with van der Waals surface area (Å²) in [5.41, 5.74) is 2.16. The zero-order valence-corrected chi connectivity index (χ0v) is 30.5. The van der Waals surface area contributed by atoms with Crippen molar-refractivity contribution in [2.24, 2.45) is 5.41 Å². The quantitative estimate of drug-likeness (QED) is 0.107. The fourth-order valence-corrected chi connectivity index (χ4v) is 8.49. The molecule has 2 fully saturated rings. The Hall–Kier alpha value is -4.34. The third-order valence-corrected chi connectivity index (χ3v) is 11.2. The van der Waals surface area contributed by atoms with E-state index < -0.39 is 41.3 Å². The van der Waals surface area contributed by atoms with Crippen LogP contribution in [0.2, 0.25) is 5.02 Å². The summed E-state index contributed by atoms with van der Waals surface area (Å²) < 4.78 is 26.1. The van der Waals surface area contributed by atoms with Gasteiger partial charge in [-0.05, 0) is 71.3 Å². The second-order valence-electron chi connectivity index (χ2n) is 14.0. The Morgan fingerprint density at radius 2 is 1.25 bits per heavy atom. The molecule has 274 valence electrons. The third kappa shape index (κ3) is 7.30. The largest absolute Gasteiger partial charge is 0.494 e. The first-order chi connectivity index (χ1) is 25.9. The van der Waals surface area contributed by atoms with E-state index in [9.17, 15) is 15.0 Å². The van der Waals surface area contributed by atoms with Gasteiger partial charge in [-0.2, -0.15) is 0 Å². The molecule has 53 heavy (non-hydrogen) atoms. The van der Waals surface area contributed by atoms with Crippen LogP contribution in [0.1, 0.15) is 46.7 Å². The molecule has 2 aliphatic carbocycles. The predicted octanol–water partition coefficient (Wildman–Crippen LogP) is 7.65. The average molecular weight is 733 g/mol. The normalized spacial score (nSPS) is 26.3. The first kappa shape index (κ1) is 37.0. The molecule has 2 unspecified atom stereocenters. The number of ether oxygens (including phenoxy) is 4. The van der Waals surface area contributed by atoms with E-state index in [-0.39, 0.29) is 26.2 Å². The first-order valence-electron chi connectivity index (χ1n) is 18.2. The molecule has 0 aliphatic heterocycles. The number of hydrogen-bond acceptors (Lipinski definition) is 7. The summed E-state index contributed by atoms with van der Waals surface area (Å²) in [6, 6.07) is 42.6.